The van der Waals surface area contributed by atoms with Crippen molar-refractivity contribution < 1.29 is 17.9 Å². The summed E-state index contributed by atoms with van der Waals surface area (Å²) < 4.78 is 29.7. The lowest BCUT2D eigenvalue weighted by atomic mass is 10.2. The highest BCUT2D eigenvalue weighted by molar-refractivity contribution is 7.88. The molecule has 1 heterocycles. The maximum atomic E-state index is 12.2. The number of benzene rings is 1. The molecule has 2 aromatic rings. The predicted molar refractivity (Wildman–Crippen MR) is 95.0 cm³/mol. The molecule has 2 N–H and O–H groups in total. The van der Waals surface area contributed by atoms with Gasteiger partial charge in [0.15, 0.2) is 0 Å². The molecule has 0 aliphatic heterocycles. The molecule has 0 spiro atoms. The molecule has 0 radical (unpaired) electrons. The van der Waals surface area contributed by atoms with E-state index in [9.17, 15) is 13.2 Å². The largest absolute Gasteiger partial charge is 0.496 e. The van der Waals surface area contributed by atoms with Crippen LogP contribution in [0.2, 0.25) is 0 Å². The van der Waals surface area contributed by atoms with Crippen LogP contribution in [0.15, 0.2) is 36.4 Å². The second-order valence-electron chi connectivity index (χ2n) is 5.18. The highest BCUT2D eigenvalue weighted by Gasteiger charge is 2.11. The Balaban J connectivity index is 1.89. The number of carbonyl (C=O) groups is 1. The monoisotopic (exact) mass is 368 g/mol. The maximum absolute atomic E-state index is 12.2. The van der Waals surface area contributed by atoms with Crippen LogP contribution in [-0.4, -0.2) is 34.2 Å². The van der Waals surface area contributed by atoms with E-state index in [-0.39, 0.29) is 5.91 Å². The van der Waals surface area contributed by atoms with Crippen molar-refractivity contribution in [1.82, 2.24) is 10.0 Å². The van der Waals surface area contributed by atoms with Gasteiger partial charge in [-0.25, -0.2) is 13.1 Å². The number of hydrogen-bond donors (Lipinski definition) is 2. The van der Waals surface area contributed by atoms with Gasteiger partial charge in [0.05, 0.1) is 18.2 Å². The molecule has 0 saturated carbocycles. The van der Waals surface area contributed by atoms with Gasteiger partial charge >= 0.3 is 0 Å². The number of sulfonamides is 1. The molecule has 8 heteroatoms. The van der Waals surface area contributed by atoms with Crippen molar-refractivity contribution in [2.24, 2.45) is 0 Å². The summed E-state index contributed by atoms with van der Waals surface area (Å²) in [6.45, 7) is 0.702. The van der Waals surface area contributed by atoms with E-state index in [2.05, 4.69) is 10.0 Å². The molecule has 0 saturated heterocycles. The lowest BCUT2D eigenvalue weighted by Crippen LogP contribution is -2.24. The molecular weight excluding hydrogens is 348 g/mol. The number of nitrogens with one attached hydrogen (secondary N) is 2. The number of carbonyl (C=O) groups excluding carboxylic acids is 1. The van der Waals surface area contributed by atoms with E-state index in [1.54, 1.807) is 13.2 Å². The normalized spacial score (nSPS) is 11.2. The van der Waals surface area contributed by atoms with Gasteiger partial charge < -0.3 is 10.1 Å². The van der Waals surface area contributed by atoms with Crippen LogP contribution in [0.5, 0.6) is 5.75 Å². The lowest BCUT2D eigenvalue weighted by Gasteiger charge is -2.08. The molecule has 0 fully saturated rings. The minimum Gasteiger partial charge on any atom is -0.496 e. The second-order valence-corrected chi connectivity index (χ2v) is 8.18. The van der Waals surface area contributed by atoms with Gasteiger partial charge in [0.25, 0.3) is 5.91 Å². The summed E-state index contributed by atoms with van der Waals surface area (Å²) in [6, 6.07) is 11.1. The van der Waals surface area contributed by atoms with E-state index in [0.29, 0.717) is 24.4 Å². The molecule has 130 valence electrons. The van der Waals surface area contributed by atoms with Crippen LogP contribution in [0.25, 0.3) is 0 Å². The average Bonchev–Trinajstić information content (AvgIpc) is 3.00. The van der Waals surface area contributed by atoms with Gasteiger partial charge in [-0.05, 0) is 24.6 Å². The highest BCUT2D eigenvalue weighted by atomic mass is 32.2. The fourth-order valence-corrected chi connectivity index (χ4v) is 3.50. The van der Waals surface area contributed by atoms with Crippen LogP contribution in [-0.2, 0) is 23.0 Å². The number of methoxy groups -OCH3 is 1. The molecule has 0 bridgehead atoms. The van der Waals surface area contributed by atoms with Crippen molar-refractivity contribution in [3.05, 3.63) is 51.7 Å². The predicted octanol–water partition coefficient (Wildman–Crippen LogP) is 1.78. The van der Waals surface area contributed by atoms with Crippen molar-refractivity contribution in [2.45, 2.75) is 13.0 Å². The Bertz CT molecular complexity index is 800. The molecular formula is C16H20N2O4S2. The van der Waals surface area contributed by atoms with Crippen molar-refractivity contribution in [3.63, 3.8) is 0 Å². The number of para-hydroxylation sites is 1. The first-order valence-electron chi connectivity index (χ1n) is 7.32. The van der Waals surface area contributed by atoms with Crippen molar-refractivity contribution in [2.75, 3.05) is 19.9 Å². The Morgan fingerprint density at radius 3 is 2.67 bits per heavy atom. The fraction of sp³-hybridized carbons (Fsp3) is 0.312. The zero-order valence-corrected chi connectivity index (χ0v) is 15.2. The van der Waals surface area contributed by atoms with Crippen LogP contribution in [0.1, 0.15) is 20.1 Å². The summed E-state index contributed by atoms with van der Waals surface area (Å²) in [7, 11) is -1.59. The Hall–Kier alpha value is -1.90. The van der Waals surface area contributed by atoms with Crippen LogP contribution in [0, 0.1) is 0 Å². The number of amides is 1. The summed E-state index contributed by atoms with van der Waals surface area (Å²) in [5.41, 5.74) is 0.905. The highest BCUT2D eigenvalue weighted by Crippen LogP contribution is 2.19. The molecule has 0 unspecified atom stereocenters. The van der Waals surface area contributed by atoms with Gasteiger partial charge in [-0.15, -0.1) is 11.3 Å². The molecule has 6 nitrogen and oxygen atoms in total. The smallest absolute Gasteiger partial charge is 0.261 e. The van der Waals surface area contributed by atoms with E-state index in [0.717, 1.165) is 22.4 Å². The first-order valence-corrected chi connectivity index (χ1v) is 10.0. The molecule has 1 aromatic carbocycles. The topological polar surface area (TPSA) is 84.5 Å². The summed E-state index contributed by atoms with van der Waals surface area (Å²) in [4.78, 5) is 13.8. The summed E-state index contributed by atoms with van der Waals surface area (Å²) in [5, 5.41) is 2.86. The third-order valence-electron chi connectivity index (χ3n) is 3.25. The minimum absolute atomic E-state index is 0.159. The van der Waals surface area contributed by atoms with Gasteiger partial charge in [-0.2, -0.15) is 0 Å². The van der Waals surface area contributed by atoms with Gasteiger partial charge in [0.1, 0.15) is 5.75 Å². The maximum Gasteiger partial charge on any atom is 0.261 e. The standard InChI is InChI=1S/C16H20N2O4S2/c1-22-14-6-4-3-5-12(14)11-17-16(19)15-8-7-13(23-15)9-10-18-24(2,20)21/h3-8,18H,9-11H2,1-2H3,(H,17,19). The number of hydrogen-bond acceptors (Lipinski definition) is 5. The number of rotatable bonds is 8. The van der Waals surface area contributed by atoms with Gasteiger partial charge in [0, 0.05) is 23.5 Å². The first-order chi connectivity index (χ1) is 11.4. The molecule has 0 atom stereocenters. The van der Waals surface area contributed by atoms with Crippen LogP contribution in [0.4, 0.5) is 0 Å². The summed E-state index contributed by atoms with van der Waals surface area (Å²) in [5.74, 6) is 0.574. The Labute approximate surface area is 145 Å². The average molecular weight is 368 g/mol. The minimum atomic E-state index is -3.19. The van der Waals surface area contributed by atoms with Crippen molar-refractivity contribution >= 4 is 27.3 Å². The molecule has 0 aliphatic rings. The Kier molecular flexibility index (Phi) is 6.36. The van der Waals surface area contributed by atoms with E-state index in [1.807, 2.05) is 30.3 Å². The first kappa shape index (κ1) is 18.4. The molecule has 2 rings (SSSR count). The van der Waals surface area contributed by atoms with E-state index >= 15 is 0 Å². The van der Waals surface area contributed by atoms with Gasteiger partial charge in [0.2, 0.25) is 10.0 Å². The van der Waals surface area contributed by atoms with Crippen molar-refractivity contribution in [1.29, 1.82) is 0 Å². The Morgan fingerprint density at radius 1 is 1.21 bits per heavy atom. The van der Waals surface area contributed by atoms with Crippen LogP contribution < -0.4 is 14.8 Å². The molecule has 1 amide bonds. The number of thiophene rings is 1. The third-order valence-corrected chi connectivity index (χ3v) is 5.13. The lowest BCUT2D eigenvalue weighted by molar-refractivity contribution is 0.0954. The van der Waals surface area contributed by atoms with E-state index < -0.39 is 10.0 Å². The Morgan fingerprint density at radius 2 is 1.96 bits per heavy atom. The quantitative estimate of drug-likeness (QED) is 0.744. The molecule has 1 aromatic heterocycles. The zero-order chi connectivity index (χ0) is 17.6. The second kappa shape index (κ2) is 8.27. The number of ether oxygens (including phenoxy) is 1. The van der Waals surface area contributed by atoms with Crippen LogP contribution >= 0.6 is 11.3 Å². The summed E-state index contributed by atoms with van der Waals surface area (Å²) >= 11 is 1.36. The SMILES string of the molecule is COc1ccccc1CNC(=O)c1ccc(CCNS(C)(=O)=O)s1. The van der Waals surface area contributed by atoms with Crippen LogP contribution in [0.3, 0.4) is 0 Å². The van der Waals surface area contributed by atoms with Gasteiger partial charge in [-0.3, -0.25) is 4.79 Å². The molecule has 24 heavy (non-hydrogen) atoms. The molecule has 0 aliphatic carbocycles. The zero-order valence-electron chi connectivity index (χ0n) is 13.5. The fourth-order valence-electron chi connectivity index (χ4n) is 2.11. The summed E-state index contributed by atoms with van der Waals surface area (Å²) in [6.07, 6.45) is 1.68. The van der Waals surface area contributed by atoms with E-state index in [4.69, 9.17) is 4.74 Å². The van der Waals surface area contributed by atoms with Gasteiger partial charge in [-0.1, -0.05) is 18.2 Å². The third kappa shape index (κ3) is 5.63. The van der Waals surface area contributed by atoms with Crippen molar-refractivity contribution in [3.8, 4) is 5.75 Å². The van der Waals surface area contributed by atoms with E-state index in [1.165, 1.54) is 11.3 Å².